The zero-order chi connectivity index (χ0) is 26.9. The average molecular weight is 511 g/mol. The first-order valence-electron chi connectivity index (χ1n) is 11.4. The van der Waals surface area contributed by atoms with Crippen LogP contribution in [0.15, 0.2) is 66.7 Å². The number of halogens is 2. The summed E-state index contributed by atoms with van der Waals surface area (Å²) in [7, 11) is 2.65. The number of nitrogens with one attached hydrogen (secondary N) is 2. The van der Waals surface area contributed by atoms with Crippen molar-refractivity contribution in [1.29, 1.82) is 5.41 Å². The van der Waals surface area contributed by atoms with Crippen LogP contribution >= 0.6 is 0 Å². The SMILES string of the molecule is COc1cc(CNC(=O)[C@@H](Cc2ccccc2)N(C(=N)N)C(=O)Cc2ccc(F)c(OC)c2)ccc1F. The summed E-state index contributed by atoms with van der Waals surface area (Å²) in [4.78, 5) is 27.6. The molecule has 10 heteroatoms. The van der Waals surface area contributed by atoms with Gasteiger partial charge in [0.2, 0.25) is 11.8 Å². The quantitative estimate of drug-likeness (QED) is 0.286. The second kappa shape index (κ2) is 12.5. The molecule has 0 unspecified atom stereocenters. The van der Waals surface area contributed by atoms with Gasteiger partial charge in [0, 0.05) is 13.0 Å². The molecule has 3 aromatic rings. The van der Waals surface area contributed by atoms with Crippen molar-refractivity contribution in [2.24, 2.45) is 5.73 Å². The second-order valence-electron chi connectivity index (χ2n) is 8.19. The number of hydrogen-bond donors (Lipinski definition) is 3. The molecule has 0 bridgehead atoms. The van der Waals surface area contributed by atoms with E-state index in [0.29, 0.717) is 11.1 Å². The van der Waals surface area contributed by atoms with Crippen molar-refractivity contribution in [1.82, 2.24) is 10.2 Å². The monoisotopic (exact) mass is 510 g/mol. The molecule has 4 N–H and O–H groups in total. The van der Waals surface area contributed by atoms with Gasteiger partial charge in [0.25, 0.3) is 0 Å². The van der Waals surface area contributed by atoms with Crippen molar-refractivity contribution in [2.75, 3.05) is 14.2 Å². The maximum absolute atomic E-state index is 13.8. The molecule has 37 heavy (non-hydrogen) atoms. The Labute approximate surface area is 213 Å². The molecule has 0 saturated heterocycles. The van der Waals surface area contributed by atoms with Gasteiger partial charge in [0.05, 0.1) is 20.6 Å². The Morgan fingerprint density at radius 1 is 0.919 bits per heavy atom. The molecule has 0 aliphatic rings. The highest BCUT2D eigenvalue weighted by atomic mass is 19.1. The van der Waals surface area contributed by atoms with Crippen LogP contribution in [-0.2, 0) is 29.0 Å². The lowest BCUT2D eigenvalue weighted by molar-refractivity contribution is -0.135. The smallest absolute Gasteiger partial charge is 0.243 e. The van der Waals surface area contributed by atoms with Crippen molar-refractivity contribution in [3.63, 3.8) is 0 Å². The number of hydrogen-bond acceptors (Lipinski definition) is 5. The maximum Gasteiger partial charge on any atom is 0.243 e. The predicted octanol–water partition coefficient (Wildman–Crippen LogP) is 3.17. The largest absolute Gasteiger partial charge is 0.494 e. The molecule has 0 aliphatic heterocycles. The molecule has 1 atom stereocenters. The van der Waals surface area contributed by atoms with Crippen LogP contribution in [0.25, 0.3) is 0 Å². The Hall–Kier alpha value is -4.47. The molecule has 0 radical (unpaired) electrons. The summed E-state index contributed by atoms with van der Waals surface area (Å²) >= 11 is 0. The Bertz CT molecular complexity index is 1270. The number of guanidine groups is 1. The number of ether oxygens (including phenoxy) is 2. The van der Waals surface area contributed by atoms with E-state index in [1.807, 2.05) is 6.07 Å². The van der Waals surface area contributed by atoms with Crippen molar-refractivity contribution >= 4 is 17.8 Å². The molecule has 0 saturated carbocycles. The number of carbonyl (C=O) groups excluding carboxylic acids is 2. The zero-order valence-electron chi connectivity index (χ0n) is 20.5. The molecule has 0 spiro atoms. The fourth-order valence-electron chi connectivity index (χ4n) is 3.81. The van der Waals surface area contributed by atoms with E-state index >= 15 is 0 Å². The normalized spacial score (nSPS) is 11.4. The van der Waals surface area contributed by atoms with E-state index in [-0.39, 0.29) is 30.9 Å². The van der Waals surface area contributed by atoms with Gasteiger partial charge in [-0.1, -0.05) is 42.5 Å². The van der Waals surface area contributed by atoms with Crippen molar-refractivity contribution < 1.29 is 27.8 Å². The Morgan fingerprint density at radius 3 is 2.05 bits per heavy atom. The minimum atomic E-state index is -1.16. The standard InChI is InChI=1S/C27H28F2N4O4/c1-36-23-13-18(8-10-20(23)28)15-25(34)33(27(30)31)22(12-17-6-4-3-5-7-17)26(35)32-16-19-9-11-21(29)24(14-19)37-2/h3-11,13-14,22H,12,15-16H2,1-2H3,(H3,30,31)(H,32,35)/t22-/m1/s1. The third-order valence-corrected chi connectivity index (χ3v) is 5.67. The number of nitrogens with two attached hydrogens (primary N) is 1. The highest BCUT2D eigenvalue weighted by Gasteiger charge is 2.32. The summed E-state index contributed by atoms with van der Waals surface area (Å²) in [6.07, 6.45) is -0.165. The van der Waals surface area contributed by atoms with Gasteiger partial charge in [0.1, 0.15) is 6.04 Å². The first-order valence-corrected chi connectivity index (χ1v) is 11.4. The second-order valence-corrected chi connectivity index (χ2v) is 8.19. The van der Waals surface area contributed by atoms with Gasteiger partial charge in [-0.2, -0.15) is 0 Å². The van der Waals surface area contributed by atoms with E-state index in [1.54, 1.807) is 24.3 Å². The lowest BCUT2D eigenvalue weighted by Gasteiger charge is -2.30. The summed E-state index contributed by atoms with van der Waals surface area (Å²) < 4.78 is 37.5. The van der Waals surface area contributed by atoms with Crippen LogP contribution in [0.3, 0.4) is 0 Å². The van der Waals surface area contributed by atoms with E-state index in [0.717, 1.165) is 10.5 Å². The van der Waals surface area contributed by atoms with E-state index < -0.39 is 35.5 Å². The van der Waals surface area contributed by atoms with Gasteiger partial charge in [-0.05, 0) is 41.0 Å². The van der Waals surface area contributed by atoms with Gasteiger partial charge in [-0.25, -0.2) is 8.78 Å². The van der Waals surface area contributed by atoms with Crippen LogP contribution in [0, 0.1) is 17.0 Å². The third-order valence-electron chi connectivity index (χ3n) is 5.67. The first-order chi connectivity index (χ1) is 17.7. The Kier molecular flexibility index (Phi) is 9.15. The topological polar surface area (TPSA) is 118 Å². The maximum atomic E-state index is 13.8. The third kappa shape index (κ3) is 7.03. The van der Waals surface area contributed by atoms with Gasteiger partial charge >= 0.3 is 0 Å². The Balaban J connectivity index is 1.86. The van der Waals surface area contributed by atoms with E-state index in [2.05, 4.69) is 5.32 Å². The van der Waals surface area contributed by atoms with Crippen LogP contribution in [-0.4, -0.2) is 42.9 Å². The van der Waals surface area contributed by atoms with E-state index in [4.69, 9.17) is 20.6 Å². The van der Waals surface area contributed by atoms with Gasteiger partial charge < -0.3 is 20.5 Å². The van der Waals surface area contributed by atoms with Crippen LogP contribution < -0.4 is 20.5 Å². The Morgan fingerprint density at radius 2 is 1.49 bits per heavy atom. The molecule has 2 amide bonds. The van der Waals surface area contributed by atoms with E-state index in [9.17, 15) is 18.4 Å². The average Bonchev–Trinajstić information content (AvgIpc) is 2.89. The summed E-state index contributed by atoms with van der Waals surface area (Å²) in [5.41, 5.74) is 7.53. The number of amides is 2. The molecule has 0 aromatic heterocycles. The van der Waals surface area contributed by atoms with Crippen molar-refractivity contribution in [3.05, 3.63) is 95.1 Å². The minimum Gasteiger partial charge on any atom is -0.494 e. The molecular weight excluding hydrogens is 482 g/mol. The molecule has 3 rings (SSSR count). The summed E-state index contributed by atoms with van der Waals surface area (Å²) in [6.45, 7) is 0.0237. The minimum absolute atomic E-state index is 0.0237. The number of rotatable bonds is 10. The summed E-state index contributed by atoms with van der Waals surface area (Å²) in [5.74, 6) is -2.92. The highest BCUT2D eigenvalue weighted by molar-refractivity contribution is 6.00. The first kappa shape index (κ1) is 27.1. The van der Waals surface area contributed by atoms with Gasteiger partial charge in [-0.3, -0.25) is 19.9 Å². The fraction of sp³-hybridized carbons (Fsp3) is 0.222. The highest BCUT2D eigenvalue weighted by Crippen LogP contribution is 2.21. The van der Waals surface area contributed by atoms with Gasteiger partial charge in [-0.15, -0.1) is 0 Å². The van der Waals surface area contributed by atoms with Crippen LogP contribution in [0.4, 0.5) is 8.78 Å². The zero-order valence-corrected chi connectivity index (χ0v) is 20.5. The fourth-order valence-corrected chi connectivity index (χ4v) is 3.81. The molecule has 0 heterocycles. The van der Waals surface area contributed by atoms with Crippen LogP contribution in [0.2, 0.25) is 0 Å². The molecule has 0 fully saturated rings. The summed E-state index contributed by atoms with van der Waals surface area (Å²) in [5, 5.41) is 10.8. The van der Waals surface area contributed by atoms with Crippen LogP contribution in [0.1, 0.15) is 16.7 Å². The molecular formula is C27H28F2N4O4. The number of methoxy groups -OCH3 is 2. The molecule has 8 nitrogen and oxygen atoms in total. The predicted molar refractivity (Wildman–Crippen MR) is 134 cm³/mol. The van der Waals surface area contributed by atoms with Crippen molar-refractivity contribution in [3.8, 4) is 11.5 Å². The lowest BCUT2D eigenvalue weighted by Crippen LogP contribution is -2.55. The number of carbonyl (C=O) groups is 2. The molecule has 3 aromatic carbocycles. The molecule has 194 valence electrons. The number of benzene rings is 3. The van der Waals surface area contributed by atoms with Crippen molar-refractivity contribution in [2.45, 2.75) is 25.4 Å². The van der Waals surface area contributed by atoms with E-state index in [1.165, 1.54) is 50.6 Å². The summed E-state index contributed by atoms with van der Waals surface area (Å²) in [6, 6.07) is 16.0. The molecule has 0 aliphatic carbocycles. The van der Waals surface area contributed by atoms with Crippen LogP contribution in [0.5, 0.6) is 11.5 Å². The van der Waals surface area contributed by atoms with Gasteiger partial charge in [0.15, 0.2) is 29.1 Å². The lowest BCUT2D eigenvalue weighted by atomic mass is 10.0. The number of nitrogens with zero attached hydrogens (tertiary/aromatic N) is 1.